The second-order valence-electron chi connectivity index (χ2n) is 7.69. The summed E-state index contributed by atoms with van der Waals surface area (Å²) in [5.74, 6) is -0.498. The van der Waals surface area contributed by atoms with Crippen molar-refractivity contribution in [3.63, 3.8) is 0 Å². The second kappa shape index (κ2) is 6.57. The van der Waals surface area contributed by atoms with E-state index in [-0.39, 0.29) is 6.33 Å². The van der Waals surface area contributed by atoms with Crippen LogP contribution in [0.1, 0.15) is 60.5 Å². The maximum Gasteiger partial charge on any atom is 0.141 e. The third kappa shape index (κ3) is 2.50. The minimum Gasteiger partial charge on any atom is -0.367 e. The summed E-state index contributed by atoms with van der Waals surface area (Å²) in [5.41, 5.74) is 6.06. The number of aromatic nitrogens is 1. The summed E-state index contributed by atoms with van der Waals surface area (Å²) in [7, 11) is 0. The highest BCUT2D eigenvalue weighted by molar-refractivity contribution is 5.81. The average Bonchev–Trinajstić information content (AvgIpc) is 2.99. The van der Waals surface area contributed by atoms with Crippen LogP contribution in [0.25, 0.3) is 5.70 Å². The Hall–Kier alpha value is -2.10. The molecule has 3 aliphatic rings. The molecule has 138 valence electrons. The van der Waals surface area contributed by atoms with Gasteiger partial charge in [-0.3, -0.25) is 0 Å². The number of halogens is 2. The number of allylic oxidation sites excluding steroid dienone is 4. The van der Waals surface area contributed by atoms with Crippen molar-refractivity contribution < 1.29 is 8.78 Å². The number of nitrogens with zero attached hydrogens (tertiary/aromatic N) is 1. The van der Waals surface area contributed by atoms with Crippen LogP contribution >= 0.6 is 0 Å². The van der Waals surface area contributed by atoms with Crippen molar-refractivity contribution in [1.82, 2.24) is 9.88 Å². The average molecular weight is 356 g/mol. The van der Waals surface area contributed by atoms with Crippen LogP contribution < -0.4 is 0 Å². The van der Waals surface area contributed by atoms with E-state index >= 15 is 0 Å². The molecule has 0 radical (unpaired) electrons. The first-order valence-corrected chi connectivity index (χ1v) is 9.53. The SMILES string of the molecule is C=CC/C(C=C)=C(/c1c(C)[nH]c2c1C2/C(F)=C/F)N1CCC2CCCC21. The lowest BCUT2D eigenvalue weighted by molar-refractivity contribution is 0.345. The van der Waals surface area contributed by atoms with Crippen LogP contribution in [0.4, 0.5) is 8.78 Å². The van der Waals surface area contributed by atoms with Gasteiger partial charge in [0.2, 0.25) is 0 Å². The molecule has 1 aromatic heterocycles. The fourth-order valence-electron chi connectivity index (χ4n) is 5.18. The molecule has 2 heterocycles. The normalized spacial score (nSPS) is 27.9. The minimum atomic E-state index is -0.712. The summed E-state index contributed by atoms with van der Waals surface area (Å²) >= 11 is 0. The van der Waals surface area contributed by atoms with Crippen molar-refractivity contribution >= 4 is 5.70 Å². The third-order valence-corrected chi connectivity index (χ3v) is 6.33. The Bertz CT molecular complexity index is 814. The van der Waals surface area contributed by atoms with Gasteiger partial charge in [0.25, 0.3) is 0 Å². The predicted octanol–water partition coefficient (Wildman–Crippen LogP) is 5.90. The topological polar surface area (TPSA) is 19.0 Å². The van der Waals surface area contributed by atoms with E-state index in [1.807, 2.05) is 19.1 Å². The van der Waals surface area contributed by atoms with E-state index in [9.17, 15) is 8.78 Å². The van der Waals surface area contributed by atoms with Gasteiger partial charge < -0.3 is 9.88 Å². The molecule has 2 fully saturated rings. The van der Waals surface area contributed by atoms with Crippen molar-refractivity contribution in [2.24, 2.45) is 5.92 Å². The van der Waals surface area contributed by atoms with Crippen LogP contribution in [0.3, 0.4) is 0 Å². The van der Waals surface area contributed by atoms with E-state index in [4.69, 9.17) is 0 Å². The molecule has 1 saturated carbocycles. The van der Waals surface area contributed by atoms with E-state index in [0.717, 1.165) is 52.7 Å². The van der Waals surface area contributed by atoms with Gasteiger partial charge in [-0.1, -0.05) is 25.2 Å². The zero-order valence-electron chi connectivity index (χ0n) is 15.3. The van der Waals surface area contributed by atoms with E-state index in [2.05, 4.69) is 23.0 Å². The number of H-pyrrole nitrogens is 1. The van der Waals surface area contributed by atoms with Crippen LogP contribution in [0.2, 0.25) is 0 Å². The van der Waals surface area contributed by atoms with E-state index in [1.54, 1.807) is 0 Å². The van der Waals surface area contributed by atoms with Crippen molar-refractivity contribution in [2.75, 3.05) is 6.54 Å². The fraction of sp³-hybridized carbons (Fsp3) is 0.455. The summed E-state index contributed by atoms with van der Waals surface area (Å²) in [6, 6.07) is 0.550. The first-order chi connectivity index (χ1) is 12.6. The van der Waals surface area contributed by atoms with Crippen LogP contribution in [-0.2, 0) is 0 Å². The molecule has 26 heavy (non-hydrogen) atoms. The van der Waals surface area contributed by atoms with Gasteiger partial charge in [-0.2, -0.15) is 0 Å². The molecule has 4 heteroatoms. The first-order valence-electron chi connectivity index (χ1n) is 9.53. The molecular weight excluding hydrogens is 330 g/mol. The third-order valence-electron chi connectivity index (χ3n) is 6.33. The van der Waals surface area contributed by atoms with Crippen LogP contribution in [0, 0.1) is 12.8 Å². The molecule has 1 aromatic rings. The Balaban J connectivity index is 1.83. The number of aromatic amines is 1. The summed E-state index contributed by atoms with van der Waals surface area (Å²) < 4.78 is 26.7. The van der Waals surface area contributed by atoms with Gasteiger partial charge in [0.15, 0.2) is 0 Å². The van der Waals surface area contributed by atoms with Crippen LogP contribution in [0.5, 0.6) is 0 Å². The molecule has 1 N–H and O–H groups in total. The van der Waals surface area contributed by atoms with E-state index in [0.29, 0.717) is 6.04 Å². The standard InChI is InChI=1S/C22H26F2N2/c1-4-7-14(5-2)22(26-11-10-15-8-6-9-17(15)26)18-13(3)25-21-19(20(18)21)16(24)12-23/h4-5,12,15,17,19,25H,1-2,6-11H2,3H3/b16-12-,22-14-. The van der Waals surface area contributed by atoms with Gasteiger partial charge in [-0.05, 0) is 49.7 Å². The Kier molecular flexibility index (Phi) is 4.37. The lowest BCUT2D eigenvalue weighted by Gasteiger charge is -2.31. The predicted molar refractivity (Wildman–Crippen MR) is 102 cm³/mol. The lowest BCUT2D eigenvalue weighted by atomic mass is 9.98. The van der Waals surface area contributed by atoms with Gasteiger partial charge in [0.1, 0.15) is 12.2 Å². The zero-order chi connectivity index (χ0) is 18.4. The molecule has 0 spiro atoms. The highest BCUT2D eigenvalue weighted by atomic mass is 19.2. The molecule has 2 aliphatic carbocycles. The maximum absolute atomic E-state index is 13.9. The number of hydrogen-bond acceptors (Lipinski definition) is 1. The number of rotatable bonds is 6. The van der Waals surface area contributed by atoms with Crippen molar-refractivity contribution in [3.8, 4) is 0 Å². The lowest BCUT2D eigenvalue weighted by Crippen LogP contribution is -2.30. The molecule has 1 aliphatic heterocycles. The van der Waals surface area contributed by atoms with Crippen LogP contribution in [-0.4, -0.2) is 22.5 Å². The molecule has 3 unspecified atom stereocenters. The van der Waals surface area contributed by atoms with E-state index in [1.165, 1.54) is 25.7 Å². The maximum atomic E-state index is 13.9. The van der Waals surface area contributed by atoms with Crippen molar-refractivity contribution in [3.05, 3.63) is 65.6 Å². The summed E-state index contributed by atoms with van der Waals surface area (Å²) in [6.07, 6.45) is 9.58. The number of hydrogen-bond donors (Lipinski definition) is 1. The number of fused-ring (bicyclic) bond motifs is 2. The quantitative estimate of drug-likeness (QED) is 0.497. The molecule has 4 rings (SSSR count). The second-order valence-corrected chi connectivity index (χ2v) is 7.69. The molecule has 0 amide bonds. The summed E-state index contributed by atoms with van der Waals surface area (Å²) in [6.45, 7) is 11.0. The molecule has 0 bridgehead atoms. The number of likely N-dealkylation sites (tertiary alicyclic amines) is 1. The van der Waals surface area contributed by atoms with Gasteiger partial charge in [-0.15, -0.1) is 6.58 Å². The highest BCUT2D eigenvalue weighted by Crippen LogP contribution is 2.55. The minimum absolute atomic E-state index is 0.0853. The smallest absolute Gasteiger partial charge is 0.141 e. The molecule has 0 aromatic carbocycles. The van der Waals surface area contributed by atoms with Gasteiger partial charge >= 0.3 is 0 Å². The monoisotopic (exact) mass is 356 g/mol. The van der Waals surface area contributed by atoms with Gasteiger partial charge in [0.05, 0.1) is 5.92 Å². The number of aryl methyl sites for hydroxylation is 1. The zero-order valence-corrected chi connectivity index (χ0v) is 15.3. The van der Waals surface area contributed by atoms with Gasteiger partial charge in [0, 0.05) is 35.2 Å². The Morgan fingerprint density at radius 3 is 2.81 bits per heavy atom. The van der Waals surface area contributed by atoms with Gasteiger partial charge in [-0.25, -0.2) is 8.78 Å². The van der Waals surface area contributed by atoms with Crippen molar-refractivity contribution in [1.29, 1.82) is 0 Å². The molecule has 3 atom stereocenters. The first kappa shape index (κ1) is 17.3. The van der Waals surface area contributed by atoms with E-state index < -0.39 is 11.7 Å². The molecule has 2 nitrogen and oxygen atoms in total. The van der Waals surface area contributed by atoms with Crippen LogP contribution in [0.15, 0.2) is 43.0 Å². The Labute approximate surface area is 154 Å². The summed E-state index contributed by atoms with van der Waals surface area (Å²) in [4.78, 5) is 5.80. The van der Waals surface area contributed by atoms with Crippen molar-refractivity contribution in [2.45, 2.75) is 51.0 Å². The molecular formula is C22H26F2N2. The Morgan fingerprint density at radius 2 is 2.12 bits per heavy atom. The fourth-order valence-corrected chi connectivity index (χ4v) is 5.18. The largest absolute Gasteiger partial charge is 0.367 e. The Morgan fingerprint density at radius 1 is 1.31 bits per heavy atom. The highest BCUT2D eigenvalue weighted by Gasteiger charge is 2.47. The number of nitrogens with one attached hydrogen (secondary N) is 1. The molecule has 1 saturated heterocycles. The summed E-state index contributed by atoms with van der Waals surface area (Å²) in [5, 5.41) is 0.